The number of rotatable bonds is 4. The van der Waals surface area contributed by atoms with Gasteiger partial charge in [-0.1, -0.05) is 0 Å². The Morgan fingerprint density at radius 3 is 2.41 bits per heavy atom. The number of urea groups is 1. The maximum absolute atomic E-state index is 13.1. The largest absolute Gasteiger partial charge is 0.497 e. The number of carbonyl (C=O) groups excluding carboxylic acids is 3. The molecular weight excluding hydrogens is 352 g/mol. The molecule has 27 heavy (non-hydrogen) atoms. The smallest absolute Gasteiger partial charge is 0.319 e. The quantitative estimate of drug-likeness (QED) is 0.702. The van der Waals surface area contributed by atoms with Gasteiger partial charge in [-0.05, 0) is 24.6 Å². The number of hydrogen-bond donors (Lipinski definition) is 3. The van der Waals surface area contributed by atoms with Crippen molar-refractivity contribution in [3.63, 3.8) is 0 Å². The van der Waals surface area contributed by atoms with Gasteiger partial charge < -0.3 is 30.3 Å². The molecule has 1 unspecified atom stereocenters. The van der Waals surface area contributed by atoms with E-state index in [1.54, 1.807) is 25.1 Å². The van der Waals surface area contributed by atoms with Gasteiger partial charge in [0.05, 0.1) is 32.4 Å². The van der Waals surface area contributed by atoms with Crippen LogP contribution in [0.15, 0.2) is 29.5 Å². The lowest BCUT2D eigenvalue weighted by atomic mass is 9.94. The molecule has 0 saturated carbocycles. The summed E-state index contributed by atoms with van der Waals surface area (Å²) in [6, 6.07) is 4.08. The van der Waals surface area contributed by atoms with Gasteiger partial charge >= 0.3 is 6.03 Å². The third-order valence-corrected chi connectivity index (χ3v) is 4.53. The molecule has 0 bridgehead atoms. The molecule has 4 amide bonds. The van der Waals surface area contributed by atoms with Crippen molar-refractivity contribution in [2.45, 2.75) is 13.0 Å². The number of carbonyl (C=O) groups is 3. The summed E-state index contributed by atoms with van der Waals surface area (Å²) in [4.78, 5) is 38.3. The molecule has 0 aliphatic carbocycles. The Bertz CT molecular complexity index is 798. The molecule has 1 saturated heterocycles. The van der Waals surface area contributed by atoms with Crippen LogP contribution in [0, 0.1) is 0 Å². The number of nitrogens with zero attached hydrogens (tertiary/aromatic N) is 1. The second kappa shape index (κ2) is 7.56. The number of nitrogens with one attached hydrogen (secondary N) is 3. The molecule has 1 aromatic carbocycles. The zero-order chi connectivity index (χ0) is 19.6. The van der Waals surface area contributed by atoms with E-state index >= 15 is 0 Å². The van der Waals surface area contributed by atoms with Gasteiger partial charge in [-0.15, -0.1) is 0 Å². The molecule has 9 heteroatoms. The first-order valence-corrected chi connectivity index (χ1v) is 8.50. The van der Waals surface area contributed by atoms with Gasteiger partial charge in [0.2, 0.25) is 5.91 Å². The summed E-state index contributed by atoms with van der Waals surface area (Å²) in [5.74, 6) is 0.569. The van der Waals surface area contributed by atoms with Crippen molar-refractivity contribution >= 4 is 17.8 Å². The van der Waals surface area contributed by atoms with Crippen molar-refractivity contribution < 1.29 is 23.9 Å². The number of allylic oxidation sites excluding steroid dienone is 1. The Morgan fingerprint density at radius 1 is 1.15 bits per heavy atom. The molecule has 2 aliphatic heterocycles. The average molecular weight is 374 g/mol. The standard InChI is InChI=1S/C18H22N4O5/c1-10-15(17(24)22-5-4-19-14(23)9-22)16(21-18(25)20-10)11-6-12(26-2)8-13(7-11)27-3/h6-8,16H,4-5,9H2,1-3H3,(H,19,23)(H2,20,21,25). The molecule has 1 fully saturated rings. The first-order chi connectivity index (χ1) is 12.9. The molecule has 3 N–H and O–H groups in total. The normalized spacial score (nSPS) is 19.8. The molecule has 3 rings (SSSR count). The van der Waals surface area contributed by atoms with Gasteiger partial charge in [0.15, 0.2) is 0 Å². The molecule has 2 aliphatic rings. The van der Waals surface area contributed by atoms with Gasteiger partial charge in [0.1, 0.15) is 11.5 Å². The van der Waals surface area contributed by atoms with E-state index in [0.29, 0.717) is 41.4 Å². The number of ether oxygens (including phenoxy) is 2. The van der Waals surface area contributed by atoms with Gasteiger partial charge in [0, 0.05) is 24.9 Å². The van der Waals surface area contributed by atoms with E-state index in [-0.39, 0.29) is 18.4 Å². The number of piperazine rings is 1. The van der Waals surface area contributed by atoms with E-state index in [2.05, 4.69) is 16.0 Å². The van der Waals surface area contributed by atoms with Crippen LogP contribution in [-0.2, 0) is 9.59 Å². The van der Waals surface area contributed by atoms with Crippen LogP contribution < -0.4 is 25.4 Å². The van der Waals surface area contributed by atoms with Crippen molar-refractivity contribution in [1.82, 2.24) is 20.9 Å². The molecule has 144 valence electrons. The topological polar surface area (TPSA) is 109 Å². The summed E-state index contributed by atoms with van der Waals surface area (Å²) >= 11 is 0. The summed E-state index contributed by atoms with van der Waals surface area (Å²) in [5, 5.41) is 8.11. The molecule has 1 aromatic rings. The van der Waals surface area contributed by atoms with E-state index < -0.39 is 12.1 Å². The van der Waals surface area contributed by atoms with E-state index in [1.165, 1.54) is 19.1 Å². The SMILES string of the molecule is COc1cc(OC)cc(C2NC(=O)NC(C)=C2C(=O)N2CCNC(=O)C2)c1. The molecule has 9 nitrogen and oxygen atoms in total. The lowest BCUT2D eigenvalue weighted by molar-refractivity contribution is -0.135. The van der Waals surface area contributed by atoms with Gasteiger partial charge in [-0.25, -0.2) is 4.79 Å². The van der Waals surface area contributed by atoms with E-state index in [9.17, 15) is 14.4 Å². The maximum Gasteiger partial charge on any atom is 0.319 e. The lowest BCUT2D eigenvalue weighted by Crippen LogP contribution is -2.53. The summed E-state index contributed by atoms with van der Waals surface area (Å²) in [7, 11) is 3.05. The molecule has 0 spiro atoms. The van der Waals surface area contributed by atoms with Crippen molar-refractivity contribution in [1.29, 1.82) is 0 Å². The molecular formula is C18H22N4O5. The van der Waals surface area contributed by atoms with Gasteiger partial charge in [-0.3, -0.25) is 9.59 Å². The zero-order valence-electron chi connectivity index (χ0n) is 15.4. The van der Waals surface area contributed by atoms with Crippen molar-refractivity contribution in [2.24, 2.45) is 0 Å². The first-order valence-electron chi connectivity index (χ1n) is 8.50. The number of hydrogen-bond acceptors (Lipinski definition) is 5. The van der Waals surface area contributed by atoms with E-state index in [1.807, 2.05) is 0 Å². The van der Waals surface area contributed by atoms with Crippen LogP contribution in [0.2, 0.25) is 0 Å². The van der Waals surface area contributed by atoms with Crippen LogP contribution >= 0.6 is 0 Å². The highest BCUT2D eigenvalue weighted by Gasteiger charge is 2.35. The highest BCUT2D eigenvalue weighted by atomic mass is 16.5. The monoisotopic (exact) mass is 374 g/mol. The Balaban J connectivity index is 2.02. The highest BCUT2D eigenvalue weighted by Crippen LogP contribution is 2.33. The first kappa shape index (κ1) is 18.6. The lowest BCUT2D eigenvalue weighted by Gasteiger charge is -2.34. The van der Waals surface area contributed by atoms with Crippen LogP contribution in [0.25, 0.3) is 0 Å². The second-order valence-corrected chi connectivity index (χ2v) is 6.29. The van der Waals surface area contributed by atoms with E-state index in [4.69, 9.17) is 9.47 Å². The minimum atomic E-state index is -0.694. The second-order valence-electron chi connectivity index (χ2n) is 6.29. The third kappa shape index (κ3) is 3.81. The summed E-state index contributed by atoms with van der Waals surface area (Å²) in [6.07, 6.45) is 0. The Morgan fingerprint density at radius 2 is 1.81 bits per heavy atom. The Labute approximate surface area is 156 Å². The number of benzene rings is 1. The van der Waals surface area contributed by atoms with Crippen LogP contribution in [0.5, 0.6) is 11.5 Å². The predicted molar refractivity (Wildman–Crippen MR) is 96.2 cm³/mol. The average Bonchev–Trinajstić information content (AvgIpc) is 2.66. The number of amides is 4. The maximum atomic E-state index is 13.1. The molecule has 2 heterocycles. The van der Waals surface area contributed by atoms with E-state index in [0.717, 1.165) is 0 Å². The Hall–Kier alpha value is -3.23. The predicted octanol–water partition coefficient (Wildman–Crippen LogP) is 0.290. The van der Waals surface area contributed by atoms with Crippen molar-refractivity contribution in [3.8, 4) is 11.5 Å². The minimum Gasteiger partial charge on any atom is -0.497 e. The van der Waals surface area contributed by atoms with Crippen LogP contribution in [0.1, 0.15) is 18.5 Å². The summed E-state index contributed by atoms with van der Waals surface area (Å²) < 4.78 is 10.6. The summed E-state index contributed by atoms with van der Waals surface area (Å²) in [5.41, 5.74) is 1.46. The molecule has 0 aromatic heterocycles. The van der Waals surface area contributed by atoms with Crippen LogP contribution in [-0.4, -0.2) is 56.6 Å². The summed E-state index contributed by atoms with van der Waals surface area (Å²) in [6.45, 7) is 2.45. The van der Waals surface area contributed by atoms with Gasteiger partial charge in [0.25, 0.3) is 5.91 Å². The van der Waals surface area contributed by atoms with Crippen LogP contribution in [0.3, 0.4) is 0 Å². The third-order valence-electron chi connectivity index (χ3n) is 4.53. The minimum absolute atomic E-state index is 0.0162. The van der Waals surface area contributed by atoms with Crippen molar-refractivity contribution in [3.05, 3.63) is 35.0 Å². The fourth-order valence-electron chi connectivity index (χ4n) is 3.21. The molecule has 0 radical (unpaired) electrons. The fraction of sp³-hybridized carbons (Fsp3) is 0.389. The zero-order valence-corrected chi connectivity index (χ0v) is 15.4. The fourth-order valence-corrected chi connectivity index (χ4v) is 3.21. The van der Waals surface area contributed by atoms with Crippen molar-refractivity contribution in [2.75, 3.05) is 33.9 Å². The van der Waals surface area contributed by atoms with Crippen LogP contribution in [0.4, 0.5) is 4.79 Å². The number of methoxy groups -OCH3 is 2. The highest BCUT2D eigenvalue weighted by molar-refractivity contribution is 6.00. The molecule has 1 atom stereocenters. The van der Waals surface area contributed by atoms with Gasteiger partial charge in [-0.2, -0.15) is 0 Å². The Kier molecular flexibility index (Phi) is 5.20.